The Morgan fingerprint density at radius 3 is 2.65 bits per heavy atom. The molecule has 1 aliphatic heterocycles. The number of para-hydroxylation sites is 1. The number of nitrogens with zero attached hydrogens (tertiary/aromatic N) is 5. The molecular weight excluding hydrogens is 500 g/mol. The van der Waals surface area contributed by atoms with E-state index in [1.54, 1.807) is 12.3 Å². The molecule has 1 atom stereocenters. The van der Waals surface area contributed by atoms with Gasteiger partial charge in [-0.25, -0.2) is 17.7 Å². The number of sulfonamides is 1. The summed E-state index contributed by atoms with van der Waals surface area (Å²) in [5.74, 6) is -2.86. The predicted molar refractivity (Wildman–Crippen MR) is 135 cm³/mol. The SMILES string of the molecule is CN(C(=O)CS(=O)(=O)N(C)C)C1CCCn2c1nc(C(=O)NCc1cccc3cccnc13)c(O)c2=O. The first kappa shape index (κ1) is 26.2. The minimum atomic E-state index is -3.80. The van der Waals surface area contributed by atoms with Crippen LogP contribution in [0.2, 0.25) is 0 Å². The molecule has 3 aromatic rings. The molecule has 196 valence electrons. The lowest BCUT2D eigenvalue weighted by Crippen LogP contribution is -2.43. The fourth-order valence-electron chi connectivity index (χ4n) is 4.26. The number of aromatic hydroxyl groups is 1. The summed E-state index contributed by atoms with van der Waals surface area (Å²) in [4.78, 5) is 48.6. The number of carbonyl (C=O) groups excluding carboxylic acids is 2. The van der Waals surface area contributed by atoms with Crippen LogP contribution in [0.15, 0.2) is 41.3 Å². The lowest BCUT2D eigenvalue weighted by atomic mass is 10.0. The van der Waals surface area contributed by atoms with Gasteiger partial charge in [-0.2, -0.15) is 0 Å². The van der Waals surface area contributed by atoms with Gasteiger partial charge in [-0.05, 0) is 24.5 Å². The Hall–Kier alpha value is -3.84. The van der Waals surface area contributed by atoms with Crippen LogP contribution in [0.3, 0.4) is 0 Å². The van der Waals surface area contributed by atoms with Gasteiger partial charge in [-0.15, -0.1) is 0 Å². The van der Waals surface area contributed by atoms with E-state index in [1.807, 2.05) is 24.3 Å². The summed E-state index contributed by atoms with van der Waals surface area (Å²) in [7, 11) is 0.300. The van der Waals surface area contributed by atoms with Crippen LogP contribution in [-0.4, -0.2) is 76.0 Å². The molecule has 0 bridgehead atoms. The van der Waals surface area contributed by atoms with Crippen molar-refractivity contribution in [1.29, 1.82) is 0 Å². The van der Waals surface area contributed by atoms with Gasteiger partial charge in [0.25, 0.3) is 11.5 Å². The lowest BCUT2D eigenvalue weighted by molar-refractivity contribution is -0.130. The van der Waals surface area contributed by atoms with Crippen molar-refractivity contribution in [3.8, 4) is 5.75 Å². The van der Waals surface area contributed by atoms with Gasteiger partial charge in [0.15, 0.2) is 5.69 Å². The lowest BCUT2D eigenvalue weighted by Gasteiger charge is -2.33. The molecule has 1 unspecified atom stereocenters. The van der Waals surface area contributed by atoms with Crippen molar-refractivity contribution >= 4 is 32.7 Å². The van der Waals surface area contributed by atoms with E-state index in [9.17, 15) is 27.9 Å². The molecule has 2 N–H and O–H groups in total. The van der Waals surface area contributed by atoms with Gasteiger partial charge in [0.2, 0.25) is 21.7 Å². The van der Waals surface area contributed by atoms with Crippen LogP contribution in [-0.2, 0) is 27.9 Å². The number of fused-ring (bicyclic) bond motifs is 2. The van der Waals surface area contributed by atoms with Gasteiger partial charge in [-0.3, -0.25) is 23.9 Å². The van der Waals surface area contributed by atoms with E-state index >= 15 is 0 Å². The Kier molecular flexibility index (Phi) is 7.28. The molecule has 2 aromatic heterocycles. The molecule has 12 nitrogen and oxygen atoms in total. The van der Waals surface area contributed by atoms with Gasteiger partial charge >= 0.3 is 0 Å². The molecule has 0 saturated carbocycles. The summed E-state index contributed by atoms with van der Waals surface area (Å²) in [5.41, 5.74) is 0.193. The van der Waals surface area contributed by atoms with E-state index in [4.69, 9.17) is 0 Å². The molecule has 3 heterocycles. The Labute approximate surface area is 213 Å². The standard InChI is InChI=1S/C24H28N6O6S/c1-28(2)37(35,36)14-18(31)29(3)17-10-6-12-30-22(17)27-20(21(32)24(30)34)23(33)26-13-16-8-4-7-15-9-5-11-25-19(15)16/h4-5,7-9,11,17,32H,6,10,12-14H2,1-3H3,(H,26,33). The summed E-state index contributed by atoms with van der Waals surface area (Å²) in [6.07, 6.45) is 2.55. The van der Waals surface area contributed by atoms with E-state index in [0.717, 1.165) is 15.3 Å². The van der Waals surface area contributed by atoms with Crippen LogP contribution in [0.4, 0.5) is 0 Å². The van der Waals surface area contributed by atoms with Crippen molar-refractivity contribution in [2.24, 2.45) is 0 Å². The van der Waals surface area contributed by atoms with Crippen molar-refractivity contribution in [3.05, 3.63) is 64.0 Å². The van der Waals surface area contributed by atoms with Crippen LogP contribution in [0.25, 0.3) is 10.9 Å². The number of rotatable bonds is 7. The third-order valence-electron chi connectivity index (χ3n) is 6.43. The second-order valence-electron chi connectivity index (χ2n) is 9.00. The van der Waals surface area contributed by atoms with Crippen LogP contribution in [0.1, 0.15) is 40.8 Å². The normalized spacial score (nSPS) is 15.4. The highest BCUT2D eigenvalue weighted by molar-refractivity contribution is 7.89. The van der Waals surface area contributed by atoms with Crippen molar-refractivity contribution in [2.75, 3.05) is 26.9 Å². The van der Waals surface area contributed by atoms with Crippen LogP contribution >= 0.6 is 0 Å². The first-order valence-electron chi connectivity index (χ1n) is 11.6. The van der Waals surface area contributed by atoms with Gasteiger partial charge in [-0.1, -0.05) is 24.3 Å². The van der Waals surface area contributed by atoms with Gasteiger partial charge in [0, 0.05) is 45.8 Å². The fraction of sp³-hybridized carbons (Fsp3) is 0.375. The number of aromatic nitrogens is 3. The predicted octanol–water partition coefficient (Wildman–Crippen LogP) is 0.612. The van der Waals surface area contributed by atoms with Crippen molar-refractivity contribution in [1.82, 2.24) is 29.1 Å². The third-order valence-corrected chi connectivity index (χ3v) is 8.15. The highest BCUT2D eigenvalue weighted by Gasteiger charge is 2.34. The number of hydrogen-bond donors (Lipinski definition) is 2. The van der Waals surface area contributed by atoms with Gasteiger partial charge < -0.3 is 15.3 Å². The molecule has 1 aromatic carbocycles. The Balaban J connectivity index is 1.62. The third kappa shape index (κ3) is 5.18. The minimum absolute atomic E-state index is 0.0803. The Morgan fingerprint density at radius 2 is 1.92 bits per heavy atom. The summed E-state index contributed by atoms with van der Waals surface area (Å²) >= 11 is 0. The maximum Gasteiger partial charge on any atom is 0.296 e. The number of carbonyl (C=O) groups is 2. The quantitative estimate of drug-likeness (QED) is 0.452. The number of nitrogens with one attached hydrogen (secondary N) is 1. The molecule has 0 fully saturated rings. The van der Waals surface area contributed by atoms with Crippen molar-refractivity contribution in [2.45, 2.75) is 32.0 Å². The van der Waals surface area contributed by atoms with E-state index < -0.39 is 50.6 Å². The average molecular weight is 529 g/mol. The summed E-state index contributed by atoms with van der Waals surface area (Å²) in [5, 5.41) is 14.1. The second-order valence-corrected chi connectivity index (χ2v) is 11.2. The zero-order valence-electron chi connectivity index (χ0n) is 20.7. The molecule has 0 saturated heterocycles. The first-order valence-corrected chi connectivity index (χ1v) is 13.2. The molecular formula is C24H28N6O6S. The molecule has 2 amide bonds. The molecule has 0 aliphatic carbocycles. The van der Waals surface area contributed by atoms with Crippen LogP contribution < -0.4 is 10.9 Å². The number of amides is 2. The molecule has 1 aliphatic rings. The average Bonchev–Trinajstić information content (AvgIpc) is 2.88. The summed E-state index contributed by atoms with van der Waals surface area (Å²) in [6, 6.07) is 8.49. The number of hydrogen-bond acceptors (Lipinski definition) is 8. The molecule has 0 spiro atoms. The molecule has 13 heteroatoms. The highest BCUT2D eigenvalue weighted by atomic mass is 32.2. The molecule has 4 rings (SSSR count). The maximum atomic E-state index is 13.0. The fourth-order valence-corrected chi connectivity index (χ4v) is 5.03. The highest BCUT2D eigenvalue weighted by Crippen LogP contribution is 2.29. The zero-order valence-corrected chi connectivity index (χ0v) is 21.5. The van der Waals surface area contributed by atoms with Crippen molar-refractivity contribution < 1.29 is 23.1 Å². The smallest absolute Gasteiger partial charge is 0.296 e. The number of pyridine rings is 1. The van der Waals surface area contributed by atoms with Gasteiger partial charge in [0.05, 0.1) is 11.6 Å². The first-order chi connectivity index (χ1) is 17.5. The zero-order chi connectivity index (χ0) is 26.9. The number of benzene rings is 1. The second kappa shape index (κ2) is 10.3. The summed E-state index contributed by atoms with van der Waals surface area (Å²) < 4.78 is 26.6. The largest absolute Gasteiger partial charge is 0.501 e. The van der Waals surface area contributed by atoms with Crippen LogP contribution in [0.5, 0.6) is 5.75 Å². The monoisotopic (exact) mass is 528 g/mol. The van der Waals surface area contributed by atoms with Crippen LogP contribution in [0, 0.1) is 0 Å². The van der Waals surface area contributed by atoms with E-state index in [1.165, 1.54) is 30.6 Å². The van der Waals surface area contributed by atoms with Gasteiger partial charge in [0.1, 0.15) is 11.6 Å². The van der Waals surface area contributed by atoms with E-state index in [2.05, 4.69) is 15.3 Å². The molecule has 37 heavy (non-hydrogen) atoms. The Morgan fingerprint density at radius 1 is 1.19 bits per heavy atom. The summed E-state index contributed by atoms with van der Waals surface area (Å²) in [6.45, 7) is 0.323. The molecule has 0 radical (unpaired) electrons. The Bertz CT molecular complexity index is 1530. The maximum absolute atomic E-state index is 13.0. The van der Waals surface area contributed by atoms with E-state index in [0.29, 0.717) is 18.4 Å². The topological polar surface area (TPSA) is 155 Å². The minimum Gasteiger partial charge on any atom is -0.501 e. The van der Waals surface area contributed by atoms with E-state index in [-0.39, 0.29) is 18.9 Å². The van der Waals surface area contributed by atoms with Crippen molar-refractivity contribution in [3.63, 3.8) is 0 Å².